The Labute approximate surface area is 298 Å². The summed E-state index contributed by atoms with van der Waals surface area (Å²) in [5.41, 5.74) is 13.6. The first-order valence-electron chi connectivity index (χ1n) is 17.8. The summed E-state index contributed by atoms with van der Waals surface area (Å²) in [6.07, 6.45) is 0. The summed E-state index contributed by atoms with van der Waals surface area (Å²) in [4.78, 5) is 10.7. The molecule has 11 aromatic rings. The van der Waals surface area contributed by atoms with E-state index in [0.29, 0.717) is 5.95 Å². The van der Waals surface area contributed by atoms with Crippen LogP contribution in [0.5, 0.6) is 0 Å². The van der Waals surface area contributed by atoms with Crippen LogP contribution in [0.2, 0.25) is 0 Å². The molecule has 0 bridgehead atoms. The Morgan fingerprint density at radius 3 is 1.96 bits per heavy atom. The van der Waals surface area contributed by atoms with Crippen LogP contribution in [0.4, 0.5) is 0 Å². The molecule has 4 heteroatoms. The van der Waals surface area contributed by atoms with E-state index in [1.165, 1.54) is 71.3 Å². The molecule has 0 amide bonds. The average Bonchev–Trinajstić information content (AvgIpc) is 3.69. The van der Waals surface area contributed by atoms with Crippen molar-refractivity contribution < 1.29 is 0 Å². The van der Waals surface area contributed by atoms with Crippen LogP contribution in [-0.4, -0.2) is 19.1 Å². The molecule has 4 nitrogen and oxygen atoms in total. The van der Waals surface area contributed by atoms with Crippen molar-refractivity contribution >= 4 is 65.3 Å². The Kier molecular flexibility index (Phi) is 5.47. The van der Waals surface area contributed by atoms with E-state index in [1.54, 1.807) is 0 Å². The van der Waals surface area contributed by atoms with Crippen LogP contribution in [0.25, 0.3) is 110 Å². The highest BCUT2D eigenvalue weighted by Gasteiger charge is 2.27. The standard InChI is InChI=1S/C48H28N4/c1-2-14-30(15-3-1)46-37-20-8-10-23-40(37)49-48(50-46)52-42-26-25-29-13-4-5-16-31(29)45(42)39-28-43-38(27-44(39)52)33-18-7-6-17-32(33)35-21-12-22-36-34-19-9-11-24-41(34)51(43)47(35)36/h1-28H. The fraction of sp³-hybridized carbons (Fsp3) is 0. The fourth-order valence-electron chi connectivity index (χ4n) is 8.86. The zero-order chi connectivity index (χ0) is 33.9. The smallest absolute Gasteiger partial charge is 0.235 e. The normalized spacial score (nSPS) is 12.2. The molecule has 240 valence electrons. The van der Waals surface area contributed by atoms with Gasteiger partial charge in [0, 0.05) is 43.6 Å². The van der Waals surface area contributed by atoms with Crippen molar-refractivity contribution in [1.29, 1.82) is 0 Å². The van der Waals surface area contributed by atoms with Crippen LogP contribution in [0, 0.1) is 0 Å². The van der Waals surface area contributed by atoms with Crippen molar-refractivity contribution in [1.82, 2.24) is 19.1 Å². The van der Waals surface area contributed by atoms with Crippen LogP contribution < -0.4 is 0 Å². The van der Waals surface area contributed by atoms with Crippen LogP contribution in [0.3, 0.4) is 0 Å². The van der Waals surface area contributed by atoms with Crippen molar-refractivity contribution in [3.63, 3.8) is 0 Å². The maximum Gasteiger partial charge on any atom is 0.235 e. The van der Waals surface area contributed by atoms with Gasteiger partial charge in [-0.2, -0.15) is 0 Å². The third-order valence-corrected chi connectivity index (χ3v) is 11.1. The molecule has 0 unspecified atom stereocenters. The van der Waals surface area contributed by atoms with Gasteiger partial charge in [0.25, 0.3) is 0 Å². The van der Waals surface area contributed by atoms with Gasteiger partial charge in [0.15, 0.2) is 0 Å². The van der Waals surface area contributed by atoms with Gasteiger partial charge in [-0.05, 0) is 52.2 Å². The Balaban J connectivity index is 1.29. The van der Waals surface area contributed by atoms with Crippen LogP contribution >= 0.6 is 0 Å². The Morgan fingerprint density at radius 2 is 1.08 bits per heavy atom. The van der Waals surface area contributed by atoms with E-state index < -0.39 is 0 Å². The van der Waals surface area contributed by atoms with E-state index >= 15 is 0 Å². The second-order valence-electron chi connectivity index (χ2n) is 13.8. The quantitative estimate of drug-likeness (QED) is 0.185. The number of fused-ring (bicyclic) bond motifs is 14. The zero-order valence-corrected chi connectivity index (χ0v) is 28.0. The number of aromatic nitrogens is 4. The molecule has 52 heavy (non-hydrogen) atoms. The van der Waals surface area contributed by atoms with Gasteiger partial charge >= 0.3 is 0 Å². The lowest BCUT2D eigenvalue weighted by Gasteiger charge is -2.15. The molecule has 1 aliphatic heterocycles. The minimum absolute atomic E-state index is 0.659. The maximum absolute atomic E-state index is 5.41. The second kappa shape index (κ2) is 10.3. The maximum atomic E-state index is 5.41. The Hall–Kier alpha value is -7.04. The number of rotatable bonds is 2. The molecule has 3 aromatic heterocycles. The molecule has 0 aliphatic carbocycles. The summed E-state index contributed by atoms with van der Waals surface area (Å²) in [6.45, 7) is 0. The van der Waals surface area contributed by atoms with E-state index in [4.69, 9.17) is 9.97 Å². The van der Waals surface area contributed by atoms with Gasteiger partial charge in [-0.25, -0.2) is 9.97 Å². The van der Waals surface area contributed by atoms with Crippen molar-refractivity contribution in [3.05, 3.63) is 170 Å². The van der Waals surface area contributed by atoms with Crippen LogP contribution in [0.1, 0.15) is 0 Å². The van der Waals surface area contributed by atoms with E-state index in [1.807, 2.05) is 0 Å². The summed E-state index contributed by atoms with van der Waals surface area (Å²) in [7, 11) is 0. The van der Waals surface area contributed by atoms with Crippen LogP contribution in [0.15, 0.2) is 170 Å². The lowest BCUT2D eigenvalue weighted by atomic mass is 9.93. The van der Waals surface area contributed by atoms with Gasteiger partial charge in [-0.3, -0.25) is 4.57 Å². The average molecular weight is 661 g/mol. The first kappa shape index (κ1) is 27.7. The topological polar surface area (TPSA) is 35.6 Å². The van der Waals surface area contributed by atoms with Crippen molar-refractivity contribution in [2.24, 2.45) is 0 Å². The molecule has 4 heterocycles. The molecule has 0 radical (unpaired) electrons. The molecular formula is C48H28N4. The van der Waals surface area contributed by atoms with Gasteiger partial charge in [-0.1, -0.05) is 140 Å². The molecule has 12 rings (SSSR count). The molecule has 0 spiro atoms. The number of hydrogen-bond donors (Lipinski definition) is 0. The first-order chi connectivity index (χ1) is 25.8. The summed E-state index contributed by atoms with van der Waals surface area (Å²) >= 11 is 0. The highest BCUT2D eigenvalue weighted by atomic mass is 15.2. The van der Waals surface area contributed by atoms with Gasteiger partial charge in [0.05, 0.1) is 39.0 Å². The molecule has 0 N–H and O–H groups in total. The monoisotopic (exact) mass is 660 g/mol. The van der Waals surface area contributed by atoms with E-state index in [0.717, 1.165) is 33.2 Å². The lowest BCUT2D eigenvalue weighted by molar-refractivity contribution is 1.01. The predicted molar refractivity (Wildman–Crippen MR) is 216 cm³/mol. The minimum Gasteiger partial charge on any atom is -0.308 e. The third kappa shape index (κ3) is 3.65. The highest BCUT2D eigenvalue weighted by molar-refractivity contribution is 6.23. The minimum atomic E-state index is 0.659. The van der Waals surface area contributed by atoms with Gasteiger partial charge in [-0.15, -0.1) is 0 Å². The number of para-hydroxylation sites is 3. The number of nitrogens with zero attached hydrogens (tertiary/aromatic N) is 4. The summed E-state index contributed by atoms with van der Waals surface area (Å²) in [5, 5.41) is 8.35. The molecule has 1 aliphatic rings. The van der Waals surface area contributed by atoms with E-state index in [9.17, 15) is 0 Å². The molecular weight excluding hydrogens is 633 g/mol. The fourth-order valence-corrected chi connectivity index (χ4v) is 8.86. The number of benzene rings is 8. The lowest BCUT2D eigenvalue weighted by Crippen LogP contribution is -2.04. The zero-order valence-electron chi connectivity index (χ0n) is 28.0. The molecule has 0 atom stereocenters. The Bertz CT molecular complexity index is 3290. The summed E-state index contributed by atoms with van der Waals surface area (Å²) in [6, 6.07) is 61.3. The van der Waals surface area contributed by atoms with Gasteiger partial charge in [0.1, 0.15) is 0 Å². The van der Waals surface area contributed by atoms with E-state index in [2.05, 4.69) is 179 Å². The Morgan fingerprint density at radius 1 is 0.385 bits per heavy atom. The molecule has 0 fully saturated rings. The largest absolute Gasteiger partial charge is 0.308 e. The van der Waals surface area contributed by atoms with Gasteiger partial charge in [0.2, 0.25) is 5.95 Å². The second-order valence-corrected chi connectivity index (χ2v) is 13.8. The van der Waals surface area contributed by atoms with Crippen molar-refractivity contribution in [2.45, 2.75) is 0 Å². The molecule has 8 aromatic carbocycles. The van der Waals surface area contributed by atoms with Gasteiger partial charge < -0.3 is 4.57 Å². The van der Waals surface area contributed by atoms with E-state index in [-0.39, 0.29) is 0 Å². The SMILES string of the molecule is c1ccc(-c2nc(-n3c4cc5c(cc4c4c6ccccc6ccc43)-n3c4ccccc4c4cccc(c43)-c3ccccc3-5)nc3ccccc23)cc1. The molecule has 0 saturated carbocycles. The van der Waals surface area contributed by atoms with Crippen LogP contribution in [-0.2, 0) is 0 Å². The predicted octanol–water partition coefficient (Wildman–Crippen LogP) is 12.3. The highest BCUT2D eigenvalue weighted by Crippen LogP contribution is 2.49. The molecule has 0 saturated heterocycles. The summed E-state index contributed by atoms with van der Waals surface area (Å²) < 4.78 is 4.80. The third-order valence-electron chi connectivity index (χ3n) is 11.1. The first-order valence-corrected chi connectivity index (χ1v) is 17.8. The van der Waals surface area contributed by atoms with Crippen molar-refractivity contribution in [2.75, 3.05) is 0 Å². The number of hydrogen-bond acceptors (Lipinski definition) is 2. The van der Waals surface area contributed by atoms with Crippen molar-refractivity contribution in [3.8, 4) is 45.1 Å². The summed E-state index contributed by atoms with van der Waals surface area (Å²) in [5.74, 6) is 0.659.